The zero-order valence-corrected chi connectivity index (χ0v) is 21.3. The number of amides is 1. The van der Waals surface area contributed by atoms with Crippen LogP contribution in [0.2, 0.25) is 0 Å². The first-order valence-corrected chi connectivity index (χ1v) is 12.9. The molecule has 10 heteroatoms. The van der Waals surface area contributed by atoms with E-state index in [9.17, 15) is 4.79 Å². The van der Waals surface area contributed by atoms with E-state index in [1.807, 2.05) is 72.3 Å². The number of benzene rings is 2. The van der Waals surface area contributed by atoms with E-state index in [4.69, 9.17) is 4.74 Å². The summed E-state index contributed by atoms with van der Waals surface area (Å²) in [6.45, 7) is 5.04. The Hall–Kier alpha value is -2.69. The number of aryl methyl sites for hydroxylation is 1. The number of hydrogen-bond donors (Lipinski definition) is 1. The number of thioether (sulfide) groups is 1. The number of thiazole rings is 1. The van der Waals surface area contributed by atoms with Crippen LogP contribution in [0, 0.1) is 6.92 Å². The van der Waals surface area contributed by atoms with Gasteiger partial charge in [-0.2, -0.15) is 0 Å². The van der Waals surface area contributed by atoms with Crippen molar-refractivity contribution in [2.75, 3.05) is 11.1 Å². The Morgan fingerprint density at radius 3 is 2.79 bits per heavy atom. The summed E-state index contributed by atoms with van der Waals surface area (Å²) >= 11 is 6.17. The molecule has 0 aliphatic heterocycles. The first-order chi connectivity index (χ1) is 16.0. The Kier molecular flexibility index (Phi) is 7.79. The zero-order chi connectivity index (χ0) is 23.2. The van der Waals surface area contributed by atoms with Gasteiger partial charge in [-0.15, -0.1) is 21.5 Å². The van der Waals surface area contributed by atoms with E-state index in [1.165, 1.54) is 23.1 Å². The lowest BCUT2D eigenvalue weighted by molar-refractivity contribution is -0.113. The third-order valence-corrected chi connectivity index (χ3v) is 6.94. The first-order valence-electron chi connectivity index (χ1n) is 10.3. The van der Waals surface area contributed by atoms with Gasteiger partial charge in [0.25, 0.3) is 0 Å². The Balaban J connectivity index is 1.32. The summed E-state index contributed by atoms with van der Waals surface area (Å²) in [5.41, 5.74) is 2.97. The lowest BCUT2D eigenvalue weighted by Crippen LogP contribution is -2.14. The van der Waals surface area contributed by atoms with Crippen LogP contribution in [-0.4, -0.2) is 31.4 Å². The summed E-state index contributed by atoms with van der Waals surface area (Å²) in [5, 5.41) is 14.6. The topological polar surface area (TPSA) is 81.9 Å². The highest BCUT2D eigenvalue weighted by Gasteiger charge is 2.15. The van der Waals surface area contributed by atoms with Crippen LogP contribution in [0.25, 0.3) is 11.3 Å². The molecule has 170 valence electrons. The molecular weight excluding hydrogens is 522 g/mol. The number of carbonyl (C=O) groups excluding carboxylic acids is 1. The summed E-state index contributed by atoms with van der Waals surface area (Å²) in [5.74, 6) is 1.59. The van der Waals surface area contributed by atoms with Crippen molar-refractivity contribution in [3.63, 3.8) is 0 Å². The van der Waals surface area contributed by atoms with Crippen LogP contribution < -0.4 is 10.1 Å². The minimum Gasteiger partial charge on any atom is -0.486 e. The molecule has 4 aromatic rings. The summed E-state index contributed by atoms with van der Waals surface area (Å²) in [6, 6.07) is 15.8. The molecule has 2 heterocycles. The predicted molar refractivity (Wildman–Crippen MR) is 136 cm³/mol. The van der Waals surface area contributed by atoms with Gasteiger partial charge in [0.2, 0.25) is 5.91 Å². The van der Waals surface area contributed by atoms with Gasteiger partial charge in [0, 0.05) is 22.0 Å². The highest BCUT2D eigenvalue weighted by Crippen LogP contribution is 2.26. The van der Waals surface area contributed by atoms with Crippen molar-refractivity contribution in [1.82, 2.24) is 19.7 Å². The van der Waals surface area contributed by atoms with Gasteiger partial charge in [-0.1, -0.05) is 52.0 Å². The second-order valence-corrected chi connectivity index (χ2v) is 9.85. The number of ether oxygens (including phenoxy) is 1. The van der Waals surface area contributed by atoms with Gasteiger partial charge >= 0.3 is 0 Å². The average molecular weight is 545 g/mol. The standard InChI is InChI=1S/C23H22BrN5O2S2/c1-3-29-20(12-31-18-6-4-5-15(2)11-18)27-28-23(29)33-14-21(30)26-22-25-19(13-32-22)16-7-9-17(24)10-8-16/h4-11,13H,3,12,14H2,1-2H3,(H,25,26,30). The average Bonchev–Trinajstić information content (AvgIpc) is 3.43. The second kappa shape index (κ2) is 11.0. The molecule has 0 radical (unpaired) electrons. The monoisotopic (exact) mass is 543 g/mol. The van der Waals surface area contributed by atoms with E-state index < -0.39 is 0 Å². The lowest BCUT2D eigenvalue weighted by atomic mass is 10.2. The molecule has 0 saturated heterocycles. The van der Waals surface area contributed by atoms with E-state index in [0.717, 1.165) is 32.9 Å². The van der Waals surface area contributed by atoms with Gasteiger partial charge in [0.05, 0.1) is 11.4 Å². The van der Waals surface area contributed by atoms with E-state index in [2.05, 4.69) is 36.4 Å². The summed E-state index contributed by atoms with van der Waals surface area (Å²) in [6.07, 6.45) is 0. The van der Waals surface area contributed by atoms with Crippen molar-refractivity contribution in [2.45, 2.75) is 32.2 Å². The lowest BCUT2D eigenvalue weighted by Gasteiger charge is -2.09. The van der Waals surface area contributed by atoms with Crippen molar-refractivity contribution < 1.29 is 9.53 Å². The fourth-order valence-corrected chi connectivity index (χ4v) is 4.89. The van der Waals surface area contributed by atoms with Gasteiger partial charge in [0.1, 0.15) is 12.4 Å². The molecule has 0 spiro atoms. The number of anilines is 1. The minimum atomic E-state index is -0.139. The molecule has 0 aliphatic carbocycles. The van der Waals surface area contributed by atoms with Crippen LogP contribution in [0.5, 0.6) is 5.75 Å². The van der Waals surface area contributed by atoms with Crippen LogP contribution in [0.3, 0.4) is 0 Å². The Bertz CT molecular complexity index is 1240. The Morgan fingerprint density at radius 1 is 1.21 bits per heavy atom. The maximum Gasteiger partial charge on any atom is 0.236 e. The molecule has 0 fully saturated rings. The largest absolute Gasteiger partial charge is 0.486 e. The number of rotatable bonds is 9. The fraction of sp³-hybridized carbons (Fsp3) is 0.217. The van der Waals surface area contributed by atoms with Crippen molar-refractivity contribution in [2.24, 2.45) is 0 Å². The number of aromatic nitrogens is 4. The van der Waals surface area contributed by atoms with Crippen LogP contribution in [-0.2, 0) is 17.9 Å². The van der Waals surface area contributed by atoms with Gasteiger partial charge < -0.3 is 14.6 Å². The smallest absolute Gasteiger partial charge is 0.236 e. The van der Waals surface area contributed by atoms with E-state index in [-0.39, 0.29) is 11.7 Å². The van der Waals surface area contributed by atoms with Gasteiger partial charge in [0.15, 0.2) is 16.1 Å². The molecule has 0 bridgehead atoms. The summed E-state index contributed by atoms with van der Waals surface area (Å²) in [7, 11) is 0. The quantitative estimate of drug-likeness (QED) is 0.268. The Labute approximate surface area is 208 Å². The van der Waals surface area contributed by atoms with Crippen LogP contribution in [0.1, 0.15) is 18.3 Å². The fourth-order valence-electron chi connectivity index (χ4n) is 3.07. The maximum absolute atomic E-state index is 12.5. The van der Waals surface area contributed by atoms with Crippen LogP contribution in [0.4, 0.5) is 5.13 Å². The van der Waals surface area contributed by atoms with Crippen molar-refractivity contribution >= 4 is 50.1 Å². The summed E-state index contributed by atoms with van der Waals surface area (Å²) < 4.78 is 8.83. The number of nitrogens with one attached hydrogen (secondary N) is 1. The highest BCUT2D eigenvalue weighted by atomic mass is 79.9. The second-order valence-electron chi connectivity index (χ2n) is 7.13. The molecule has 0 atom stereocenters. The first kappa shape index (κ1) is 23.5. The number of halogens is 1. The molecule has 33 heavy (non-hydrogen) atoms. The normalized spacial score (nSPS) is 10.9. The molecule has 2 aromatic carbocycles. The van der Waals surface area contributed by atoms with E-state index >= 15 is 0 Å². The molecule has 1 N–H and O–H groups in total. The predicted octanol–water partition coefficient (Wildman–Crippen LogP) is 5.80. The molecule has 0 aliphatic rings. The molecule has 7 nitrogen and oxygen atoms in total. The third-order valence-electron chi connectivity index (χ3n) is 4.69. The SMILES string of the molecule is CCn1c(COc2cccc(C)c2)nnc1SCC(=O)Nc1nc(-c2ccc(Br)cc2)cs1. The molecular formula is C23H22BrN5O2S2. The molecule has 4 rings (SSSR count). The molecule has 1 amide bonds. The zero-order valence-electron chi connectivity index (χ0n) is 18.1. The number of nitrogens with zero attached hydrogens (tertiary/aromatic N) is 4. The number of hydrogen-bond acceptors (Lipinski definition) is 7. The van der Waals surface area contributed by atoms with Crippen molar-refractivity contribution in [3.05, 3.63) is 69.8 Å². The molecule has 2 aromatic heterocycles. The summed E-state index contributed by atoms with van der Waals surface area (Å²) in [4.78, 5) is 17.0. The third kappa shape index (κ3) is 6.21. The van der Waals surface area contributed by atoms with Crippen molar-refractivity contribution in [3.8, 4) is 17.0 Å². The van der Waals surface area contributed by atoms with Crippen LogP contribution in [0.15, 0.2) is 63.5 Å². The minimum absolute atomic E-state index is 0.139. The number of carbonyl (C=O) groups is 1. The van der Waals surface area contributed by atoms with Gasteiger partial charge in [-0.3, -0.25) is 4.79 Å². The van der Waals surface area contributed by atoms with E-state index in [1.54, 1.807) is 0 Å². The van der Waals surface area contributed by atoms with Gasteiger partial charge in [-0.25, -0.2) is 4.98 Å². The van der Waals surface area contributed by atoms with E-state index in [0.29, 0.717) is 23.4 Å². The highest BCUT2D eigenvalue weighted by molar-refractivity contribution is 9.10. The van der Waals surface area contributed by atoms with Crippen molar-refractivity contribution in [1.29, 1.82) is 0 Å². The molecule has 0 saturated carbocycles. The Morgan fingerprint density at radius 2 is 2.03 bits per heavy atom. The van der Waals surface area contributed by atoms with Crippen LogP contribution >= 0.6 is 39.0 Å². The molecule has 0 unspecified atom stereocenters. The maximum atomic E-state index is 12.5. The van der Waals surface area contributed by atoms with Gasteiger partial charge in [-0.05, 0) is 43.7 Å².